The number of anilines is 2. The molecule has 1 fully saturated rings. The molecule has 166 valence electrons. The van der Waals surface area contributed by atoms with Crippen LogP contribution in [0.5, 0.6) is 5.88 Å². The maximum absolute atomic E-state index is 6.26. The molecule has 2 N–H and O–H groups in total. The van der Waals surface area contributed by atoms with Crippen LogP contribution in [-0.4, -0.2) is 61.7 Å². The fourth-order valence-electron chi connectivity index (χ4n) is 3.86. The van der Waals surface area contributed by atoms with E-state index in [1.54, 1.807) is 13.3 Å². The summed E-state index contributed by atoms with van der Waals surface area (Å²) in [5.41, 5.74) is 2.60. The molecule has 3 heterocycles. The monoisotopic (exact) mass is 463 g/mol. The summed E-state index contributed by atoms with van der Waals surface area (Å²) in [7, 11) is 3.79. The number of hydrogen-bond acceptors (Lipinski definition) is 6. The van der Waals surface area contributed by atoms with Gasteiger partial charge >= 0.3 is 0 Å². The first-order valence-electron chi connectivity index (χ1n) is 10.3. The van der Waals surface area contributed by atoms with E-state index in [0.29, 0.717) is 35.7 Å². The van der Waals surface area contributed by atoms with Crippen LogP contribution in [0.2, 0.25) is 10.0 Å². The fraction of sp³-hybridized carbons (Fsp3) is 0.455. The Hall–Kier alpha value is -2.06. The molecule has 9 heteroatoms. The standard InChI is InChI=1S/C22H27Cl2N5O2/c1-29-7-5-22(6-8-29)21(27-18-11-16(23)17(24)12-19(18)28-22)26-14-15-3-4-20(25-13-15)31-10-9-30-2/h3-4,11-13,28H,5-10,14H2,1-2H3,(H,26,27). The summed E-state index contributed by atoms with van der Waals surface area (Å²) in [6.45, 7) is 3.50. The van der Waals surface area contributed by atoms with Gasteiger partial charge in [-0.3, -0.25) is 4.99 Å². The summed E-state index contributed by atoms with van der Waals surface area (Å²) >= 11 is 12.5. The number of fused-ring (bicyclic) bond motifs is 1. The maximum atomic E-state index is 6.26. The van der Waals surface area contributed by atoms with Crippen LogP contribution < -0.4 is 15.4 Å². The molecule has 1 spiro atoms. The van der Waals surface area contributed by atoms with Gasteiger partial charge in [-0.25, -0.2) is 4.98 Å². The first-order chi connectivity index (χ1) is 15.0. The van der Waals surface area contributed by atoms with Gasteiger partial charge < -0.3 is 25.0 Å². The zero-order chi connectivity index (χ0) is 21.8. The quantitative estimate of drug-likeness (QED) is 0.621. The Morgan fingerprint density at radius 1 is 1.13 bits per heavy atom. The van der Waals surface area contributed by atoms with Crippen LogP contribution in [0.15, 0.2) is 35.5 Å². The average molecular weight is 464 g/mol. The maximum Gasteiger partial charge on any atom is 0.213 e. The van der Waals surface area contributed by atoms with Crippen molar-refractivity contribution in [2.24, 2.45) is 4.99 Å². The number of nitrogens with one attached hydrogen (secondary N) is 2. The minimum absolute atomic E-state index is 0.257. The largest absolute Gasteiger partial charge is 0.475 e. The summed E-state index contributed by atoms with van der Waals surface area (Å²) < 4.78 is 10.5. The third-order valence-corrected chi connectivity index (χ3v) is 6.46. The van der Waals surface area contributed by atoms with Gasteiger partial charge in [0.15, 0.2) is 0 Å². The highest BCUT2D eigenvalue weighted by Gasteiger charge is 2.42. The van der Waals surface area contributed by atoms with Crippen LogP contribution in [0.3, 0.4) is 0 Å². The molecule has 4 rings (SSSR count). The van der Waals surface area contributed by atoms with Gasteiger partial charge in [0.25, 0.3) is 0 Å². The number of hydrogen-bond donors (Lipinski definition) is 2. The Morgan fingerprint density at radius 2 is 1.87 bits per heavy atom. The molecule has 2 aliphatic rings. The molecule has 2 aliphatic heterocycles. The smallest absolute Gasteiger partial charge is 0.213 e. The topological polar surface area (TPSA) is 71.0 Å². The van der Waals surface area contributed by atoms with Crippen LogP contribution in [0.25, 0.3) is 0 Å². The lowest BCUT2D eigenvalue weighted by atomic mass is 9.84. The van der Waals surface area contributed by atoms with Crippen molar-refractivity contribution in [2.45, 2.75) is 24.9 Å². The SMILES string of the molecule is COCCOc1ccc(CN=C2Nc3cc(Cl)c(Cl)cc3NC23CCN(C)CC3)cn1. The lowest BCUT2D eigenvalue weighted by Gasteiger charge is -2.46. The van der Waals surface area contributed by atoms with Gasteiger partial charge in [0, 0.05) is 32.5 Å². The molecule has 0 aliphatic carbocycles. The zero-order valence-electron chi connectivity index (χ0n) is 17.8. The van der Waals surface area contributed by atoms with E-state index in [1.807, 2.05) is 24.3 Å². The average Bonchev–Trinajstić information content (AvgIpc) is 2.77. The van der Waals surface area contributed by atoms with Gasteiger partial charge in [-0.1, -0.05) is 29.3 Å². The Bertz CT molecular complexity index is 944. The number of nitrogens with zero attached hydrogens (tertiary/aromatic N) is 3. The van der Waals surface area contributed by atoms with E-state index in [9.17, 15) is 0 Å². The van der Waals surface area contributed by atoms with E-state index in [1.165, 1.54) is 0 Å². The molecule has 1 saturated heterocycles. The number of piperidine rings is 1. The second-order valence-electron chi connectivity index (χ2n) is 7.96. The molecular weight excluding hydrogens is 437 g/mol. The molecule has 0 atom stereocenters. The summed E-state index contributed by atoms with van der Waals surface area (Å²) in [5, 5.41) is 8.29. The van der Waals surface area contributed by atoms with Gasteiger partial charge in [0.05, 0.1) is 40.1 Å². The Balaban J connectivity index is 1.55. The third-order valence-electron chi connectivity index (χ3n) is 5.74. The van der Waals surface area contributed by atoms with E-state index in [2.05, 4.69) is 27.6 Å². The molecule has 0 saturated carbocycles. The number of aromatic nitrogens is 1. The normalized spacial score (nSPS) is 19.0. The van der Waals surface area contributed by atoms with Crippen LogP contribution in [-0.2, 0) is 11.3 Å². The van der Waals surface area contributed by atoms with Crippen molar-refractivity contribution in [3.63, 3.8) is 0 Å². The van der Waals surface area contributed by atoms with Crippen LogP contribution in [0.4, 0.5) is 11.4 Å². The number of ether oxygens (including phenoxy) is 2. The van der Waals surface area contributed by atoms with Crippen molar-refractivity contribution in [1.29, 1.82) is 0 Å². The first kappa shape index (κ1) is 22.1. The van der Waals surface area contributed by atoms with Gasteiger partial charge in [0.1, 0.15) is 12.4 Å². The van der Waals surface area contributed by atoms with Gasteiger partial charge in [-0.2, -0.15) is 0 Å². The molecule has 0 bridgehead atoms. The number of pyridine rings is 1. The van der Waals surface area contributed by atoms with Crippen molar-refractivity contribution in [3.05, 3.63) is 46.1 Å². The van der Waals surface area contributed by atoms with E-state index in [-0.39, 0.29) is 5.54 Å². The number of amidine groups is 1. The summed E-state index contributed by atoms with van der Waals surface area (Å²) in [6.07, 6.45) is 3.69. The molecule has 2 aromatic rings. The highest BCUT2D eigenvalue weighted by atomic mass is 35.5. The molecule has 1 aromatic heterocycles. The van der Waals surface area contributed by atoms with Crippen molar-refractivity contribution in [1.82, 2.24) is 9.88 Å². The Labute approximate surface area is 192 Å². The van der Waals surface area contributed by atoms with E-state index in [4.69, 9.17) is 37.7 Å². The second-order valence-corrected chi connectivity index (χ2v) is 8.77. The lowest BCUT2D eigenvalue weighted by molar-refractivity contribution is 0.143. The Kier molecular flexibility index (Phi) is 6.86. The van der Waals surface area contributed by atoms with Gasteiger partial charge in [-0.15, -0.1) is 0 Å². The number of likely N-dealkylation sites (tertiary alicyclic amines) is 1. The van der Waals surface area contributed by atoms with Crippen molar-refractivity contribution < 1.29 is 9.47 Å². The highest BCUT2D eigenvalue weighted by molar-refractivity contribution is 6.42. The number of methoxy groups -OCH3 is 1. The number of rotatable bonds is 6. The number of aliphatic imine (C=N–C) groups is 1. The molecular formula is C22H27Cl2N5O2. The second kappa shape index (κ2) is 9.61. The number of halogens is 2. The minimum Gasteiger partial charge on any atom is -0.475 e. The van der Waals surface area contributed by atoms with Crippen molar-refractivity contribution in [2.75, 3.05) is 51.1 Å². The third kappa shape index (κ3) is 5.06. The predicted molar refractivity (Wildman–Crippen MR) is 126 cm³/mol. The molecule has 0 unspecified atom stereocenters. The zero-order valence-corrected chi connectivity index (χ0v) is 19.3. The van der Waals surface area contributed by atoms with E-state index >= 15 is 0 Å². The molecule has 7 nitrogen and oxygen atoms in total. The fourth-order valence-corrected chi connectivity index (χ4v) is 4.19. The first-order valence-corrected chi connectivity index (χ1v) is 11.1. The van der Waals surface area contributed by atoms with Crippen LogP contribution >= 0.6 is 23.2 Å². The van der Waals surface area contributed by atoms with Crippen LogP contribution in [0, 0.1) is 0 Å². The molecule has 0 radical (unpaired) electrons. The number of benzene rings is 1. The Morgan fingerprint density at radius 3 is 2.55 bits per heavy atom. The minimum atomic E-state index is -0.257. The van der Waals surface area contributed by atoms with Crippen molar-refractivity contribution in [3.8, 4) is 5.88 Å². The molecule has 31 heavy (non-hydrogen) atoms. The van der Waals surface area contributed by atoms with E-state index in [0.717, 1.165) is 48.7 Å². The van der Waals surface area contributed by atoms with E-state index < -0.39 is 0 Å². The van der Waals surface area contributed by atoms with Crippen LogP contribution in [0.1, 0.15) is 18.4 Å². The summed E-state index contributed by atoms with van der Waals surface area (Å²) in [4.78, 5) is 11.7. The summed E-state index contributed by atoms with van der Waals surface area (Å²) in [6, 6.07) is 7.58. The summed E-state index contributed by atoms with van der Waals surface area (Å²) in [5.74, 6) is 1.50. The molecule has 0 amide bonds. The predicted octanol–water partition coefficient (Wildman–Crippen LogP) is 4.31. The molecule has 1 aromatic carbocycles. The lowest BCUT2D eigenvalue weighted by Crippen LogP contribution is -2.58. The highest BCUT2D eigenvalue weighted by Crippen LogP contribution is 2.40. The van der Waals surface area contributed by atoms with Crippen molar-refractivity contribution >= 4 is 40.4 Å². The van der Waals surface area contributed by atoms with Gasteiger partial charge in [0.2, 0.25) is 5.88 Å². The van der Waals surface area contributed by atoms with Gasteiger partial charge in [-0.05, 0) is 37.6 Å².